The van der Waals surface area contributed by atoms with Crippen molar-refractivity contribution in [3.63, 3.8) is 0 Å². The van der Waals surface area contributed by atoms with Gasteiger partial charge in [0, 0.05) is 5.54 Å². The van der Waals surface area contributed by atoms with E-state index < -0.39 is 0 Å². The van der Waals surface area contributed by atoms with E-state index in [0.29, 0.717) is 5.92 Å². The second kappa shape index (κ2) is 7.30. The number of amides is 1. The Morgan fingerprint density at radius 2 is 1.82 bits per heavy atom. The first-order valence-corrected chi connectivity index (χ1v) is 8.75. The van der Waals surface area contributed by atoms with E-state index in [1.54, 1.807) is 0 Å². The van der Waals surface area contributed by atoms with Gasteiger partial charge in [0.05, 0.1) is 5.92 Å². The van der Waals surface area contributed by atoms with Crippen LogP contribution in [-0.2, 0) is 4.79 Å². The first-order valence-electron chi connectivity index (χ1n) is 8.75. The average molecular weight is 301 g/mol. The second-order valence-corrected chi connectivity index (χ2v) is 7.86. The van der Waals surface area contributed by atoms with Crippen LogP contribution < -0.4 is 5.32 Å². The van der Waals surface area contributed by atoms with Crippen LogP contribution in [0.15, 0.2) is 35.5 Å². The van der Waals surface area contributed by atoms with Crippen molar-refractivity contribution in [1.29, 1.82) is 0 Å². The van der Waals surface area contributed by atoms with E-state index in [1.165, 1.54) is 44.1 Å². The summed E-state index contributed by atoms with van der Waals surface area (Å²) < 4.78 is 0. The third-order valence-corrected chi connectivity index (χ3v) is 4.52. The Morgan fingerprint density at radius 1 is 1.18 bits per heavy atom. The van der Waals surface area contributed by atoms with Crippen molar-refractivity contribution in [2.24, 2.45) is 11.8 Å². The number of hydrogen-bond acceptors (Lipinski definition) is 1. The topological polar surface area (TPSA) is 29.1 Å². The van der Waals surface area contributed by atoms with E-state index in [-0.39, 0.29) is 17.4 Å². The lowest BCUT2D eigenvalue weighted by atomic mass is 9.83. The normalized spacial score (nSPS) is 25.7. The third-order valence-electron chi connectivity index (χ3n) is 4.52. The molecule has 0 heterocycles. The molecule has 1 atom stereocenters. The van der Waals surface area contributed by atoms with E-state index in [1.807, 2.05) is 20.8 Å². The van der Waals surface area contributed by atoms with Gasteiger partial charge in [-0.1, -0.05) is 55.6 Å². The first kappa shape index (κ1) is 17.1. The molecule has 0 aromatic rings. The van der Waals surface area contributed by atoms with Gasteiger partial charge in [0.25, 0.3) is 0 Å². The third kappa shape index (κ3) is 4.86. The maximum Gasteiger partial charge on any atom is 0.232 e. The first-order chi connectivity index (χ1) is 10.4. The minimum atomic E-state index is -0.189. The Hall–Kier alpha value is -1.31. The number of hydrogen-bond donors (Lipinski definition) is 1. The molecule has 1 fully saturated rings. The van der Waals surface area contributed by atoms with Crippen molar-refractivity contribution >= 4 is 5.91 Å². The molecule has 2 nitrogen and oxygen atoms in total. The van der Waals surface area contributed by atoms with Gasteiger partial charge in [0.15, 0.2) is 0 Å². The number of carbonyl (C=O) groups is 1. The smallest absolute Gasteiger partial charge is 0.232 e. The van der Waals surface area contributed by atoms with Crippen LogP contribution in [0.4, 0.5) is 0 Å². The molecule has 1 N–H and O–H groups in total. The fraction of sp³-hybridized carbons (Fsp3) is 0.650. The lowest BCUT2D eigenvalue weighted by molar-refractivity contribution is -0.124. The molecule has 0 saturated heterocycles. The van der Waals surface area contributed by atoms with Crippen LogP contribution in [0.3, 0.4) is 0 Å². The maximum absolute atomic E-state index is 12.7. The average Bonchev–Trinajstić information content (AvgIpc) is 2.65. The van der Waals surface area contributed by atoms with Crippen LogP contribution in [0, 0.1) is 11.8 Å². The van der Waals surface area contributed by atoms with Crippen LogP contribution in [0.5, 0.6) is 0 Å². The summed E-state index contributed by atoms with van der Waals surface area (Å²) in [5.41, 5.74) is 2.14. The largest absolute Gasteiger partial charge is 0.351 e. The van der Waals surface area contributed by atoms with Gasteiger partial charge in [-0.2, -0.15) is 0 Å². The van der Waals surface area contributed by atoms with Gasteiger partial charge in [-0.25, -0.2) is 0 Å². The fourth-order valence-electron chi connectivity index (χ4n) is 3.47. The monoisotopic (exact) mass is 301 g/mol. The van der Waals surface area contributed by atoms with Gasteiger partial charge in [-0.05, 0) is 52.0 Å². The fourth-order valence-corrected chi connectivity index (χ4v) is 3.47. The molecule has 2 aliphatic rings. The molecular weight excluding hydrogens is 270 g/mol. The predicted octanol–water partition coefficient (Wildman–Crippen LogP) is 4.93. The molecule has 0 radical (unpaired) electrons. The second-order valence-electron chi connectivity index (χ2n) is 7.86. The van der Waals surface area contributed by atoms with Crippen molar-refractivity contribution in [1.82, 2.24) is 5.32 Å². The molecule has 22 heavy (non-hydrogen) atoms. The van der Waals surface area contributed by atoms with E-state index in [4.69, 9.17) is 0 Å². The zero-order valence-electron chi connectivity index (χ0n) is 14.6. The van der Waals surface area contributed by atoms with Crippen LogP contribution in [-0.4, -0.2) is 11.4 Å². The molecule has 2 heteroatoms. The lowest BCUT2D eigenvalue weighted by Crippen LogP contribution is -2.44. The van der Waals surface area contributed by atoms with Crippen LogP contribution >= 0.6 is 0 Å². The van der Waals surface area contributed by atoms with Crippen molar-refractivity contribution in [2.75, 3.05) is 0 Å². The molecule has 1 amide bonds. The summed E-state index contributed by atoms with van der Waals surface area (Å²) in [4.78, 5) is 12.7. The standard InChI is InChI=1S/C20H31NO/c1-15-10-9-13-17(14-16-11-7-5-6-8-12-16)18(15)19(22)21-20(2,3)4/h9-10,13-14,16,18H,5-8,11-12H2,1-4H3,(H,21,22). The summed E-state index contributed by atoms with van der Waals surface area (Å²) >= 11 is 0. The molecule has 0 aliphatic heterocycles. The van der Waals surface area contributed by atoms with Gasteiger partial charge in [-0.15, -0.1) is 0 Å². The van der Waals surface area contributed by atoms with Gasteiger partial charge in [0.2, 0.25) is 5.91 Å². The number of rotatable bonds is 2. The van der Waals surface area contributed by atoms with Gasteiger partial charge < -0.3 is 5.32 Å². The molecular formula is C20H31NO. The minimum absolute atomic E-state index is 0.118. The van der Waals surface area contributed by atoms with Crippen molar-refractivity contribution in [3.8, 4) is 0 Å². The summed E-state index contributed by atoms with van der Waals surface area (Å²) in [6.45, 7) is 8.18. The van der Waals surface area contributed by atoms with Crippen molar-refractivity contribution in [2.45, 2.75) is 71.8 Å². The highest BCUT2D eigenvalue weighted by Gasteiger charge is 2.28. The van der Waals surface area contributed by atoms with Crippen LogP contribution in [0.2, 0.25) is 0 Å². The Labute approximate surface area is 135 Å². The highest BCUT2D eigenvalue weighted by atomic mass is 16.2. The highest BCUT2D eigenvalue weighted by Crippen LogP contribution is 2.31. The zero-order chi connectivity index (χ0) is 16.2. The van der Waals surface area contributed by atoms with Gasteiger partial charge >= 0.3 is 0 Å². The molecule has 1 saturated carbocycles. The number of carbonyl (C=O) groups excluding carboxylic acids is 1. The van der Waals surface area contributed by atoms with Crippen LogP contribution in [0.25, 0.3) is 0 Å². The summed E-state index contributed by atoms with van der Waals surface area (Å²) in [7, 11) is 0. The molecule has 2 rings (SSSR count). The predicted molar refractivity (Wildman–Crippen MR) is 93.6 cm³/mol. The van der Waals surface area contributed by atoms with Gasteiger partial charge in [0.1, 0.15) is 0 Å². The quantitative estimate of drug-likeness (QED) is 0.720. The Morgan fingerprint density at radius 3 is 2.41 bits per heavy atom. The van der Waals surface area contributed by atoms with E-state index in [2.05, 4.69) is 36.5 Å². The molecule has 0 spiro atoms. The number of allylic oxidation sites excluding steroid dienone is 4. The zero-order valence-corrected chi connectivity index (χ0v) is 14.6. The maximum atomic E-state index is 12.7. The number of nitrogens with one attached hydrogen (secondary N) is 1. The van der Waals surface area contributed by atoms with Crippen molar-refractivity contribution < 1.29 is 4.79 Å². The molecule has 0 aromatic heterocycles. The molecule has 1 unspecified atom stereocenters. The minimum Gasteiger partial charge on any atom is -0.351 e. The van der Waals surface area contributed by atoms with Crippen LogP contribution in [0.1, 0.15) is 66.2 Å². The summed E-state index contributed by atoms with van der Waals surface area (Å²) in [6, 6.07) is 0. The molecule has 122 valence electrons. The lowest BCUT2D eigenvalue weighted by Gasteiger charge is -2.28. The SMILES string of the molecule is CC1=CC=CC(=CC2CCCCCC2)C1C(=O)NC(C)(C)C. The Bertz CT molecular complexity index is 482. The van der Waals surface area contributed by atoms with E-state index in [9.17, 15) is 4.79 Å². The Balaban J connectivity index is 2.18. The van der Waals surface area contributed by atoms with Gasteiger partial charge in [-0.3, -0.25) is 4.79 Å². The van der Waals surface area contributed by atoms with Crippen molar-refractivity contribution in [3.05, 3.63) is 35.5 Å². The molecule has 0 bridgehead atoms. The summed E-state index contributed by atoms with van der Waals surface area (Å²) in [5.74, 6) is 0.649. The Kier molecular flexibility index (Phi) is 5.66. The summed E-state index contributed by atoms with van der Waals surface area (Å²) in [5, 5.41) is 3.14. The molecule has 2 aliphatic carbocycles. The molecule has 0 aromatic carbocycles. The summed E-state index contributed by atoms with van der Waals surface area (Å²) in [6.07, 6.45) is 16.6. The van der Waals surface area contributed by atoms with E-state index in [0.717, 1.165) is 5.57 Å². The van der Waals surface area contributed by atoms with E-state index >= 15 is 0 Å². The highest BCUT2D eigenvalue weighted by molar-refractivity contribution is 5.86.